The van der Waals surface area contributed by atoms with Crippen molar-refractivity contribution < 1.29 is 8.42 Å². The van der Waals surface area contributed by atoms with Crippen LogP contribution in [0.3, 0.4) is 0 Å². The first-order chi connectivity index (χ1) is 11.1. The predicted octanol–water partition coefficient (Wildman–Crippen LogP) is 2.28. The molecule has 0 atom stereocenters. The van der Waals surface area contributed by atoms with Crippen LogP contribution >= 0.6 is 0 Å². The Morgan fingerprint density at radius 3 is 2.35 bits per heavy atom. The first kappa shape index (κ1) is 16.0. The van der Waals surface area contributed by atoms with Crippen LogP contribution in [0.25, 0.3) is 0 Å². The summed E-state index contributed by atoms with van der Waals surface area (Å²) in [6, 6.07) is 12.6. The van der Waals surface area contributed by atoms with Gasteiger partial charge in [0.05, 0.1) is 4.90 Å². The van der Waals surface area contributed by atoms with Crippen molar-refractivity contribution >= 4 is 15.7 Å². The lowest BCUT2D eigenvalue weighted by Gasteiger charge is -2.33. The summed E-state index contributed by atoms with van der Waals surface area (Å²) in [5.74, 6) is 0.381. The fraction of sp³-hybridized carbons (Fsp3) is 0.353. The zero-order valence-corrected chi connectivity index (χ0v) is 13.7. The SMILES string of the molecule is O=S(=O)(NCC1CCN(c2ccncc2)CC1)c1ccccc1. The van der Waals surface area contributed by atoms with Crippen molar-refractivity contribution in [2.75, 3.05) is 24.5 Å². The molecule has 1 aromatic carbocycles. The lowest BCUT2D eigenvalue weighted by Crippen LogP contribution is -2.38. The molecule has 0 amide bonds. The lowest BCUT2D eigenvalue weighted by molar-refractivity contribution is 0.402. The largest absolute Gasteiger partial charge is 0.371 e. The molecular weight excluding hydrogens is 310 g/mol. The van der Waals surface area contributed by atoms with Gasteiger partial charge < -0.3 is 4.90 Å². The van der Waals surface area contributed by atoms with Gasteiger partial charge in [-0.15, -0.1) is 0 Å². The Labute approximate surface area is 137 Å². The van der Waals surface area contributed by atoms with Crippen molar-refractivity contribution in [3.05, 3.63) is 54.9 Å². The maximum atomic E-state index is 12.2. The van der Waals surface area contributed by atoms with Gasteiger partial charge in [-0.1, -0.05) is 18.2 Å². The second-order valence-electron chi connectivity index (χ2n) is 5.80. The molecule has 0 unspecified atom stereocenters. The molecule has 0 spiro atoms. The highest BCUT2D eigenvalue weighted by molar-refractivity contribution is 7.89. The van der Waals surface area contributed by atoms with Crippen LogP contribution in [0.4, 0.5) is 5.69 Å². The second kappa shape index (κ2) is 7.10. The molecule has 1 aliphatic rings. The summed E-state index contributed by atoms with van der Waals surface area (Å²) >= 11 is 0. The fourth-order valence-corrected chi connectivity index (χ4v) is 4.00. The summed E-state index contributed by atoms with van der Waals surface area (Å²) in [5.41, 5.74) is 1.18. The van der Waals surface area contributed by atoms with Crippen LogP contribution in [-0.2, 0) is 10.0 Å². The molecule has 2 aromatic rings. The molecule has 0 aliphatic carbocycles. The third-order valence-corrected chi connectivity index (χ3v) is 5.70. The molecule has 1 N–H and O–H groups in total. The molecule has 6 heteroatoms. The first-order valence-corrected chi connectivity index (χ1v) is 9.33. The zero-order chi connectivity index (χ0) is 16.1. The highest BCUT2D eigenvalue weighted by atomic mass is 32.2. The molecule has 2 heterocycles. The van der Waals surface area contributed by atoms with Crippen LogP contribution in [0, 0.1) is 5.92 Å². The van der Waals surface area contributed by atoms with Crippen LogP contribution in [0.1, 0.15) is 12.8 Å². The molecule has 1 aliphatic heterocycles. The number of rotatable bonds is 5. The molecule has 0 saturated carbocycles. The van der Waals surface area contributed by atoms with E-state index in [1.165, 1.54) is 5.69 Å². The van der Waals surface area contributed by atoms with E-state index in [0.717, 1.165) is 25.9 Å². The van der Waals surface area contributed by atoms with Gasteiger partial charge in [0.1, 0.15) is 0 Å². The predicted molar refractivity (Wildman–Crippen MR) is 90.8 cm³/mol. The van der Waals surface area contributed by atoms with E-state index >= 15 is 0 Å². The van der Waals surface area contributed by atoms with E-state index in [1.54, 1.807) is 36.7 Å². The minimum absolute atomic E-state index is 0.328. The van der Waals surface area contributed by atoms with Crippen molar-refractivity contribution in [2.45, 2.75) is 17.7 Å². The van der Waals surface area contributed by atoms with Crippen molar-refractivity contribution in [1.29, 1.82) is 0 Å². The van der Waals surface area contributed by atoms with E-state index in [0.29, 0.717) is 17.4 Å². The van der Waals surface area contributed by atoms with Crippen LogP contribution in [0.15, 0.2) is 59.8 Å². The van der Waals surface area contributed by atoms with Gasteiger partial charge in [0.2, 0.25) is 10.0 Å². The zero-order valence-electron chi connectivity index (χ0n) is 12.9. The monoisotopic (exact) mass is 331 g/mol. The maximum Gasteiger partial charge on any atom is 0.240 e. The maximum absolute atomic E-state index is 12.2. The van der Waals surface area contributed by atoms with E-state index in [2.05, 4.69) is 14.6 Å². The highest BCUT2D eigenvalue weighted by Crippen LogP contribution is 2.22. The number of nitrogens with one attached hydrogen (secondary N) is 1. The number of hydrogen-bond donors (Lipinski definition) is 1. The number of sulfonamides is 1. The van der Waals surface area contributed by atoms with Gasteiger partial charge >= 0.3 is 0 Å². The fourth-order valence-electron chi connectivity index (χ4n) is 2.86. The number of anilines is 1. The Bertz CT molecular complexity index is 712. The van der Waals surface area contributed by atoms with E-state index in [1.807, 2.05) is 18.2 Å². The van der Waals surface area contributed by atoms with Crippen LogP contribution in [-0.4, -0.2) is 33.0 Å². The third-order valence-electron chi connectivity index (χ3n) is 4.26. The highest BCUT2D eigenvalue weighted by Gasteiger charge is 2.22. The normalized spacial score (nSPS) is 16.4. The van der Waals surface area contributed by atoms with Gasteiger partial charge in [0.25, 0.3) is 0 Å². The Morgan fingerprint density at radius 2 is 1.70 bits per heavy atom. The molecular formula is C17H21N3O2S. The number of benzene rings is 1. The molecule has 0 radical (unpaired) electrons. The summed E-state index contributed by atoms with van der Waals surface area (Å²) in [5, 5.41) is 0. The van der Waals surface area contributed by atoms with Crippen LogP contribution in [0.5, 0.6) is 0 Å². The number of nitrogens with zero attached hydrogens (tertiary/aromatic N) is 2. The van der Waals surface area contributed by atoms with Crippen molar-refractivity contribution in [2.24, 2.45) is 5.92 Å². The quantitative estimate of drug-likeness (QED) is 0.913. The molecule has 1 aromatic heterocycles. The Balaban J connectivity index is 1.52. The summed E-state index contributed by atoms with van der Waals surface area (Å²) < 4.78 is 27.2. The summed E-state index contributed by atoms with van der Waals surface area (Å²) in [6.07, 6.45) is 5.57. The molecule has 1 fully saturated rings. The average molecular weight is 331 g/mol. The van der Waals surface area contributed by atoms with Gasteiger partial charge in [-0.25, -0.2) is 13.1 Å². The van der Waals surface area contributed by atoms with Crippen LogP contribution in [0.2, 0.25) is 0 Å². The minimum Gasteiger partial charge on any atom is -0.371 e. The van der Waals surface area contributed by atoms with E-state index in [9.17, 15) is 8.42 Å². The van der Waals surface area contributed by atoms with Crippen LogP contribution < -0.4 is 9.62 Å². The van der Waals surface area contributed by atoms with Gasteiger partial charge in [0, 0.05) is 37.7 Å². The van der Waals surface area contributed by atoms with E-state index in [-0.39, 0.29) is 0 Å². The summed E-state index contributed by atoms with van der Waals surface area (Å²) in [6.45, 7) is 2.39. The second-order valence-corrected chi connectivity index (χ2v) is 7.57. The number of piperidine rings is 1. The van der Waals surface area contributed by atoms with E-state index in [4.69, 9.17) is 0 Å². The topological polar surface area (TPSA) is 62.3 Å². The smallest absolute Gasteiger partial charge is 0.240 e. The summed E-state index contributed by atoms with van der Waals surface area (Å²) in [4.78, 5) is 6.69. The lowest BCUT2D eigenvalue weighted by atomic mass is 9.97. The van der Waals surface area contributed by atoms with Crippen molar-refractivity contribution in [3.8, 4) is 0 Å². The molecule has 1 saturated heterocycles. The van der Waals surface area contributed by atoms with Crippen molar-refractivity contribution in [1.82, 2.24) is 9.71 Å². The first-order valence-electron chi connectivity index (χ1n) is 7.85. The molecule has 23 heavy (non-hydrogen) atoms. The Hall–Kier alpha value is -1.92. The van der Waals surface area contributed by atoms with Gasteiger partial charge in [-0.05, 0) is 43.0 Å². The Morgan fingerprint density at radius 1 is 1.04 bits per heavy atom. The van der Waals surface area contributed by atoms with Gasteiger partial charge in [-0.2, -0.15) is 0 Å². The standard InChI is InChI=1S/C17H21N3O2S/c21-23(22,17-4-2-1-3-5-17)19-14-15-8-12-20(13-9-15)16-6-10-18-11-7-16/h1-7,10-11,15,19H,8-9,12-14H2. The molecule has 5 nitrogen and oxygen atoms in total. The van der Waals surface area contributed by atoms with Gasteiger partial charge in [-0.3, -0.25) is 4.98 Å². The molecule has 122 valence electrons. The number of aromatic nitrogens is 1. The minimum atomic E-state index is -3.40. The Kier molecular flexibility index (Phi) is 4.93. The average Bonchev–Trinajstić information content (AvgIpc) is 2.62. The third kappa shape index (κ3) is 4.09. The van der Waals surface area contributed by atoms with E-state index < -0.39 is 10.0 Å². The molecule has 0 bridgehead atoms. The number of hydrogen-bond acceptors (Lipinski definition) is 4. The molecule has 3 rings (SSSR count). The van der Waals surface area contributed by atoms with Gasteiger partial charge in [0.15, 0.2) is 0 Å². The summed E-state index contributed by atoms with van der Waals surface area (Å²) in [7, 11) is -3.40. The number of pyridine rings is 1. The van der Waals surface area contributed by atoms with Crippen molar-refractivity contribution in [3.63, 3.8) is 0 Å².